The molecule has 0 spiro atoms. The van der Waals surface area contributed by atoms with E-state index in [9.17, 15) is 0 Å². The van der Waals surface area contributed by atoms with E-state index in [-0.39, 0.29) is 0 Å². The van der Waals surface area contributed by atoms with Crippen LogP contribution in [0.5, 0.6) is 0 Å². The maximum atomic E-state index is 3.91. The molecule has 0 unspecified atom stereocenters. The Hall–Kier alpha value is -5.15. The van der Waals surface area contributed by atoms with Gasteiger partial charge in [-0.25, -0.2) is 0 Å². The minimum Gasteiger partial charge on any atom is -0.260 e. The van der Waals surface area contributed by atoms with Crippen LogP contribution in [0.3, 0.4) is 0 Å². The van der Waals surface area contributed by atoms with Crippen LogP contribution in [0.25, 0.3) is 66.8 Å². The van der Waals surface area contributed by atoms with E-state index in [2.05, 4.69) is 250 Å². The quantitative estimate of drug-likeness (QED) is 0.0640. The maximum Gasteiger partial charge on any atom is 0.0385 e. The molecular weight excluding hydrogens is 887 g/mol. The summed E-state index contributed by atoms with van der Waals surface area (Å²) in [7, 11) is 0. The molecule has 0 heterocycles. The molecule has 0 saturated carbocycles. The Morgan fingerprint density at radius 2 is 0.611 bits per heavy atom. The van der Waals surface area contributed by atoms with Gasteiger partial charge in [0.2, 0.25) is 0 Å². The molecule has 0 aromatic heterocycles. The lowest BCUT2D eigenvalue weighted by Gasteiger charge is -2.26. The van der Waals surface area contributed by atoms with Crippen molar-refractivity contribution in [2.45, 2.75) is 183 Å². The third-order valence-corrected chi connectivity index (χ3v) is 16.0. The standard InChI is InChI=1S/C70H87NS/c1-18-19-35-71-72-70-64(40-55(68-60(46(10)11)31-23-32-61(68)47(12)13)41-65(70)69-62(48(14)15)33-24-34-63(69)49(16)17)51-26-20-25-50(36-51)52-37-53(66-56(42(2)3)27-21-28-57(66)43(4)5)39-54(38-52)67-58(44(6)7)29-22-30-59(67)45(8)9/h20-34,36-49,71H,18-19,35H2,1-17H3. The van der Waals surface area contributed by atoms with Gasteiger partial charge < -0.3 is 0 Å². The van der Waals surface area contributed by atoms with Crippen molar-refractivity contribution in [3.8, 4) is 66.8 Å². The monoisotopic (exact) mass is 974 g/mol. The van der Waals surface area contributed by atoms with Crippen molar-refractivity contribution in [3.05, 3.63) is 172 Å². The molecule has 0 aliphatic heterocycles. The third kappa shape index (κ3) is 11.6. The molecule has 0 fully saturated rings. The second kappa shape index (κ2) is 23.8. The summed E-state index contributed by atoms with van der Waals surface area (Å²) in [6.45, 7) is 40.9. The van der Waals surface area contributed by atoms with E-state index >= 15 is 0 Å². The van der Waals surface area contributed by atoms with Gasteiger partial charge in [-0.3, -0.25) is 4.72 Å². The molecule has 7 rings (SSSR count). The number of unbranched alkanes of at least 4 members (excludes halogenated alkanes) is 1. The lowest BCUT2D eigenvalue weighted by atomic mass is 9.80. The van der Waals surface area contributed by atoms with Crippen LogP contribution in [0.1, 0.15) is 222 Å². The second-order valence-electron chi connectivity index (χ2n) is 23.1. The van der Waals surface area contributed by atoms with Gasteiger partial charge in [-0.2, -0.15) is 0 Å². The molecule has 1 N–H and O–H groups in total. The summed E-state index contributed by atoms with van der Waals surface area (Å²) in [6.07, 6.45) is 2.27. The topological polar surface area (TPSA) is 12.0 Å². The van der Waals surface area contributed by atoms with Crippen LogP contribution in [0.15, 0.2) is 132 Å². The summed E-state index contributed by atoms with van der Waals surface area (Å²) in [5, 5.41) is 0. The molecule has 0 atom stereocenters. The summed E-state index contributed by atoms with van der Waals surface area (Å²) in [4.78, 5) is 1.30. The molecular formula is C70H87NS. The molecule has 1 nitrogen and oxygen atoms in total. The van der Waals surface area contributed by atoms with Crippen molar-refractivity contribution in [2.24, 2.45) is 0 Å². The highest BCUT2D eigenvalue weighted by Crippen LogP contribution is 2.50. The molecule has 0 bridgehead atoms. The van der Waals surface area contributed by atoms with E-state index in [0.29, 0.717) is 47.3 Å². The molecule has 0 amide bonds. The Kier molecular flexibility index (Phi) is 18.1. The number of hydrogen-bond acceptors (Lipinski definition) is 2. The highest BCUT2D eigenvalue weighted by molar-refractivity contribution is 7.97. The molecule has 2 heteroatoms. The summed E-state index contributed by atoms with van der Waals surface area (Å²) in [5.41, 5.74) is 27.0. The van der Waals surface area contributed by atoms with Gasteiger partial charge in [0, 0.05) is 11.4 Å². The Labute approximate surface area is 442 Å². The van der Waals surface area contributed by atoms with Crippen LogP contribution in [0.4, 0.5) is 0 Å². The summed E-state index contributed by atoms with van der Waals surface area (Å²) in [5.74, 6) is 2.93. The smallest absolute Gasteiger partial charge is 0.0385 e. The van der Waals surface area contributed by atoms with E-state index < -0.39 is 0 Å². The SMILES string of the molecule is CCCCNSc1c(-c2cccc(-c3cc(-c4c(C(C)C)cccc4C(C)C)cc(-c4c(C(C)C)cccc4C(C)C)c3)c2)cc(-c2c(C(C)C)cccc2C(C)C)cc1-c1c(C(C)C)cccc1C(C)C. The molecule has 0 aliphatic carbocycles. The molecule has 7 aromatic rings. The molecule has 72 heavy (non-hydrogen) atoms. The Morgan fingerprint density at radius 1 is 0.319 bits per heavy atom. The molecule has 378 valence electrons. The number of benzene rings is 7. The first-order chi connectivity index (χ1) is 34.3. The van der Waals surface area contributed by atoms with Crippen LogP contribution in [0.2, 0.25) is 0 Å². The first-order valence-corrected chi connectivity index (χ1v) is 28.5. The van der Waals surface area contributed by atoms with Crippen LogP contribution < -0.4 is 4.72 Å². The van der Waals surface area contributed by atoms with Crippen LogP contribution in [-0.4, -0.2) is 6.54 Å². The van der Waals surface area contributed by atoms with Gasteiger partial charge in [-0.1, -0.05) is 215 Å². The lowest BCUT2D eigenvalue weighted by molar-refractivity contribution is 0.776. The zero-order valence-electron chi connectivity index (χ0n) is 47.3. The fourth-order valence-corrected chi connectivity index (χ4v) is 12.1. The van der Waals surface area contributed by atoms with Gasteiger partial charge in [0.1, 0.15) is 0 Å². The first kappa shape index (κ1) is 54.6. The van der Waals surface area contributed by atoms with Crippen molar-refractivity contribution in [1.29, 1.82) is 0 Å². The summed E-state index contributed by atoms with van der Waals surface area (Å²) < 4.78 is 3.91. The minimum absolute atomic E-state index is 0.352. The molecule has 0 saturated heterocycles. The van der Waals surface area contributed by atoms with Gasteiger partial charge in [0.05, 0.1) is 0 Å². The predicted octanol–water partition coefficient (Wildman–Crippen LogP) is 22.1. The fraction of sp³-hybridized carbons (Fsp3) is 0.400. The van der Waals surface area contributed by atoms with Crippen LogP contribution >= 0.6 is 11.9 Å². The van der Waals surface area contributed by atoms with Gasteiger partial charge in [-0.15, -0.1) is 0 Å². The van der Waals surface area contributed by atoms with Crippen molar-refractivity contribution in [2.75, 3.05) is 6.54 Å². The number of rotatable bonds is 19. The van der Waals surface area contributed by atoms with E-state index in [4.69, 9.17) is 0 Å². The number of hydrogen-bond donors (Lipinski definition) is 1. The lowest BCUT2D eigenvalue weighted by Crippen LogP contribution is -2.08. The van der Waals surface area contributed by atoms with Crippen LogP contribution in [-0.2, 0) is 0 Å². The highest BCUT2D eigenvalue weighted by Gasteiger charge is 2.26. The van der Waals surface area contributed by atoms with E-state index in [0.717, 1.165) is 19.4 Å². The van der Waals surface area contributed by atoms with Crippen molar-refractivity contribution < 1.29 is 0 Å². The van der Waals surface area contributed by atoms with Gasteiger partial charge in [0.25, 0.3) is 0 Å². The number of nitrogens with one attached hydrogen (secondary N) is 1. The van der Waals surface area contributed by atoms with Crippen molar-refractivity contribution in [1.82, 2.24) is 4.72 Å². The first-order valence-electron chi connectivity index (χ1n) is 27.7. The maximum absolute atomic E-state index is 3.91. The van der Waals surface area contributed by atoms with Crippen LogP contribution in [0, 0.1) is 0 Å². The Morgan fingerprint density at radius 3 is 0.972 bits per heavy atom. The normalized spacial score (nSPS) is 12.1. The average molecular weight is 975 g/mol. The van der Waals surface area contributed by atoms with E-state index in [1.54, 1.807) is 0 Å². The van der Waals surface area contributed by atoms with Crippen molar-refractivity contribution in [3.63, 3.8) is 0 Å². The summed E-state index contributed by atoms with van der Waals surface area (Å²) in [6, 6.07) is 50.3. The summed E-state index contributed by atoms with van der Waals surface area (Å²) >= 11 is 1.84. The average Bonchev–Trinajstić information content (AvgIpc) is 3.36. The highest BCUT2D eigenvalue weighted by atomic mass is 32.2. The zero-order chi connectivity index (χ0) is 52.1. The van der Waals surface area contributed by atoms with Crippen molar-refractivity contribution >= 4 is 11.9 Å². The molecule has 7 aromatic carbocycles. The van der Waals surface area contributed by atoms with E-state index in [1.807, 2.05) is 11.9 Å². The molecule has 0 aliphatic rings. The Bertz CT molecular complexity index is 2790. The molecule has 0 radical (unpaired) electrons. The minimum atomic E-state index is 0.352. The zero-order valence-corrected chi connectivity index (χ0v) is 48.1. The third-order valence-electron chi connectivity index (χ3n) is 15.0. The second-order valence-corrected chi connectivity index (χ2v) is 24.0. The van der Waals surface area contributed by atoms with Gasteiger partial charge in [-0.05, 0) is 213 Å². The predicted molar refractivity (Wildman–Crippen MR) is 321 cm³/mol. The van der Waals surface area contributed by atoms with E-state index in [1.165, 1.54) is 116 Å². The Balaban J connectivity index is 1.62. The fourth-order valence-electron chi connectivity index (χ4n) is 11.1. The largest absolute Gasteiger partial charge is 0.260 e. The van der Waals surface area contributed by atoms with Gasteiger partial charge >= 0.3 is 0 Å². The van der Waals surface area contributed by atoms with Gasteiger partial charge in [0.15, 0.2) is 0 Å².